The second-order valence-electron chi connectivity index (χ2n) is 8.69. The van der Waals surface area contributed by atoms with Crippen LogP contribution in [0.15, 0.2) is 29.1 Å². The quantitative estimate of drug-likeness (QED) is 0.466. The minimum absolute atomic E-state index is 0.136. The molecule has 1 N–H and O–H groups in total. The van der Waals surface area contributed by atoms with Gasteiger partial charge in [0, 0.05) is 23.7 Å². The zero-order chi connectivity index (χ0) is 22.7. The summed E-state index contributed by atoms with van der Waals surface area (Å²) in [6, 6.07) is 10.5. The van der Waals surface area contributed by atoms with E-state index in [0.717, 1.165) is 61.2 Å². The third kappa shape index (κ3) is 4.49. The van der Waals surface area contributed by atoms with E-state index in [1.54, 1.807) is 17.4 Å². The fourth-order valence-corrected chi connectivity index (χ4v) is 5.87. The van der Waals surface area contributed by atoms with Gasteiger partial charge in [0.15, 0.2) is 5.82 Å². The van der Waals surface area contributed by atoms with Crippen molar-refractivity contribution in [1.82, 2.24) is 9.97 Å². The van der Waals surface area contributed by atoms with Crippen LogP contribution in [0.1, 0.15) is 61.9 Å². The van der Waals surface area contributed by atoms with Crippen molar-refractivity contribution < 1.29 is 0 Å². The van der Waals surface area contributed by atoms with Crippen molar-refractivity contribution in [3.63, 3.8) is 0 Å². The number of rotatable bonds is 7. The first-order chi connectivity index (χ1) is 15.5. The number of allylic oxidation sites excluding steroid dienone is 1. The van der Waals surface area contributed by atoms with Gasteiger partial charge in [-0.05, 0) is 67.4 Å². The Labute approximate surface area is 193 Å². The average Bonchev–Trinajstić information content (AvgIpc) is 3.15. The number of aromatic nitrogens is 2. The summed E-state index contributed by atoms with van der Waals surface area (Å²) in [6.07, 6.45) is 7.05. The molecule has 0 unspecified atom stereocenters. The predicted molar refractivity (Wildman–Crippen MR) is 134 cm³/mol. The molecule has 5 nitrogen and oxygen atoms in total. The van der Waals surface area contributed by atoms with Crippen LogP contribution < -0.4 is 10.5 Å². The van der Waals surface area contributed by atoms with E-state index in [9.17, 15) is 10.1 Å². The molecule has 1 atom stereocenters. The highest BCUT2D eigenvalue weighted by molar-refractivity contribution is 7.18. The van der Waals surface area contributed by atoms with Crippen LogP contribution in [0.3, 0.4) is 0 Å². The van der Waals surface area contributed by atoms with Gasteiger partial charge in [0.1, 0.15) is 10.9 Å². The molecule has 0 fully saturated rings. The number of hydrogen-bond acceptors (Lipinski definition) is 5. The number of nitriles is 1. The first-order valence-corrected chi connectivity index (χ1v) is 12.4. The Hall–Kier alpha value is -2.91. The lowest BCUT2D eigenvalue weighted by Crippen LogP contribution is -2.24. The summed E-state index contributed by atoms with van der Waals surface area (Å²) in [5.41, 5.74) is 3.50. The summed E-state index contributed by atoms with van der Waals surface area (Å²) in [5, 5.41) is 10.5. The fourth-order valence-electron chi connectivity index (χ4n) is 4.49. The molecule has 0 saturated heterocycles. The number of aromatic amines is 1. The number of H-pyrrole nitrogens is 1. The van der Waals surface area contributed by atoms with Gasteiger partial charge in [0.25, 0.3) is 5.56 Å². The average molecular weight is 447 g/mol. The van der Waals surface area contributed by atoms with E-state index in [1.807, 2.05) is 12.1 Å². The van der Waals surface area contributed by atoms with Gasteiger partial charge in [-0.1, -0.05) is 32.9 Å². The first kappa shape index (κ1) is 22.3. The standard InChI is InChI=1S/C26H30N4OS/c1-4-12-30(13-5-2)20-9-7-18(8-10-20)15-19(16-27)24-28-25(31)23-21-11-6-17(3)14-22(21)32-26(23)29-24/h7-10,15,17H,4-6,11-14H2,1-3H3,(H,28,29,31)/b19-15-/t17-/m0/s1. The molecular weight excluding hydrogens is 416 g/mol. The molecule has 0 amide bonds. The molecule has 1 aliphatic rings. The van der Waals surface area contributed by atoms with Crippen molar-refractivity contribution in [2.75, 3.05) is 18.0 Å². The molecule has 4 rings (SSSR count). The van der Waals surface area contributed by atoms with E-state index in [2.05, 4.69) is 48.9 Å². The van der Waals surface area contributed by atoms with Gasteiger partial charge < -0.3 is 9.88 Å². The minimum Gasteiger partial charge on any atom is -0.372 e. The molecule has 6 heteroatoms. The Balaban J connectivity index is 1.66. The van der Waals surface area contributed by atoms with E-state index in [4.69, 9.17) is 4.98 Å². The van der Waals surface area contributed by atoms with Crippen molar-refractivity contribution >= 4 is 38.9 Å². The monoisotopic (exact) mass is 446 g/mol. The maximum Gasteiger partial charge on any atom is 0.260 e. The van der Waals surface area contributed by atoms with Gasteiger partial charge in [-0.2, -0.15) is 5.26 Å². The highest BCUT2D eigenvalue weighted by atomic mass is 32.1. The van der Waals surface area contributed by atoms with Crippen LogP contribution in [-0.2, 0) is 12.8 Å². The maximum absolute atomic E-state index is 12.9. The topological polar surface area (TPSA) is 72.8 Å². The smallest absolute Gasteiger partial charge is 0.260 e. The van der Waals surface area contributed by atoms with Crippen LogP contribution in [-0.4, -0.2) is 23.1 Å². The molecule has 2 heterocycles. The van der Waals surface area contributed by atoms with Crippen LogP contribution in [0.25, 0.3) is 21.9 Å². The van der Waals surface area contributed by atoms with Crippen LogP contribution in [0.4, 0.5) is 5.69 Å². The number of nitrogens with one attached hydrogen (secondary N) is 1. The maximum atomic E-state index is 12.9. The highest BCUT2D eigenvalue weighted by Crippen LogP contribution is 2.36. The Kier molecular flexibility index (Phi) is 6.76. The molecule has 3 aromatic rings. The molecule has 2 aromatic heterocycles. The largest absolute Gasteiger partial charge is 0.372 e. The normalized spacial score (nSPS) is 16.1. The number of nitrogens with zero attached hydrogens (tertiary/aromatic N) is 3. The number of aryl methyl sites for hydroxylation is 1. The molecule has 166 valence electrons. The first-order valence-electron chi connectivity index (χ1n) is 11.6. The third-order valence-electron chi connectivity index (χ3n) is 6.10. The van der Waals surface area contributed by atoms with Crippen molar-refractivity contribution in [3.05, 3.63) is 56.4 Å². The minimum atomic E-state index is -0.136. The third-order valence-corrected chi connectivity index (χ3v) is 7.25. The van der Waals surface area contributed by atoms with Crippen molar-refractivity contribution in [1.29, 1.82) is 5.26 Å². The summed E-state index contributed by atoms with van der Waals surface area (Å²) in [4.78, 5) is 24.9. The van der Waals surface area contributed by atoms with Gasteiger partial charge in [0.05, 0.1) is 11.0 Å². The fraction of sp³-hybridized carbons (Fsp3) is 0.423. The lowest BCUT2D eigenvalue weighted by Gasteiger charge is -2.23. The lowest BCUT2D eigenvalue weighted by atomic mass is 9.89. The summed E-state index contributed by atoms with van der Waals surface area (Å²) < 4.78 is 0. The zero-order valence-electron chi connectivity index (χ0n) is 19.1. The number of thiophene rings is 1. The molecule has 0 radical (unpaired) electrons. The molecule has 0 saturated carbocycles. The SMILES string of the molecule is CCCN(CCC)c1ccc(/C=C(/C#N)c2nc3sc4c(c3c(=O)[nH]2)CC[C@H](C)C4)cc1. The van der Waals surface area contributed by atoms with E-state index in [1.165, 1.54) is 10.6 Å². The van der Waals surface area contributed by atoms with Crippen LogP contribution in [0.2, 0.25) is 0 Å². The van der Waals surface area contributed by atoms with E-state index in [-0.39, 0.29) is 5.56 Å². The second kappa shape index (κ2) is 9.70. The number of hydrogen-bond donors (Lipinski definition) is 1. The number of benzene rings is 1. The van der Waals surface area contributed by atoms with E-state index in [0.29, 0.717) is 22.7 Å². The van der Waals surface area contributed by atoms with Gasteiger partial charge >= 0.3 is 0 Å². The number of anilines is 1. The van der Waals surface area contributed by atoms with Crippen molar-refractivity contribution in [3.8, 4) is 6.07 Å². The molecule has 0 aliphatic heterocycles. The molecule has 1 aromatic carbocycles. The Morgan fingerprint density at radius 1 is 1.28 bits per heavy atom. The zero-order valence-corrected chi connectivity index (χ0v) is 19.9. The van der Waals surface area contributed by atoms with Gasteiger partial charge in [0.2, 0.25) is 0 Å². The van der Waals surface area contributed by atoms with Gasteiger partial charge in [-0.3, -0.25) is 4.79 Å². The highest BCUT2D eigenvalue weighted by Gasteiger charge is 2.23. The van der Waals surface area contributed by atoms with E-state index < -0.39 is 0 Å². The summed E-state index contributed by atoms with van der Waals surface area (Å²) in [5.74, 6) is 0.983. The lowest BCUT2D eigenvalue weighted by molar-refractivity contribution is 0.509. The summed E-state index contributed by atoms with van der Waals surface area (Å²) in [6.45, 7) is 8.69. The molecular formula is C26H30N4OS. The number of fused-ring (bicyclic) bond motifs is 3. The van der Waals surface area contributed by atoms with E-state index >= 15 is 0 Å². The van der Waals surface area contributed by atoms with Crippen LogP contribution in [0.5, 0.6) is 0 Å². The molecule has 0 spiro atoms. The Morgan fingerprint density at radius 3 is 2.66 bits per heavy atom. The Morgan fingerprint density at radius 2 is 2.00 bits per heavy atom. The van der Waals surface area contributed by atoms with Gasteiger partial charge in [-0.15, -0.1) is 11.3 Å². The molecule has 0 bridgehead atoms. The van der Waals surface area contributed by atoms with Crippen molar-refractivity contribution in [2.45, 2.75) is 52.9 Å². The molecule has 32 heavy (non-hydrogen) atoms. The molecule has 1 aliphatic carbocycles. The summed E-state index contributed by atoms with van der Waals surface area (Å²) >= 11 is 1.61. The van der Waals surface area contributed by atoms with Gasteiger partial charge in [-0.25, -0.2) is 4.98 Å². The van der Waals surface area contributed by atoms with Crippen LogP contribution >= 0.6 is 11.3 Å². The van der Waals surface area contributed by atoms with Crippen LogP contribution in [0, 0.1) is 17.2 Å². The second-order valence-corrected chi connectivity index (χ2v) is 9.78. The van der Waals surface area contributed by atoms with Crippen molar-refractivity contribution in [2.24, 2.45) is 5.92 Å². The Bertz CT molecular complexity index is 1220. The predicted octanol–water partition coefficient (Wildman–Crippen LogP) is 5.80. The summed E-state index contributed by atoms with van der Waals surface area (Å²) in [7, 11) is 0.